The van der Waals surface area contributed by atoms with Crippen molar-refractivity contribution in [2.45, 2.75) is 12.5 Å². The van der Waals surface area contributed by atoms with Crippen molar-refractivity contribution in [3.63, 3.8) is 0 Å². The van der Waals surface area contributed by atoms with Crippen LogP contribution in [0.1, 0.15) is 28.4 Å². The molecule has 2 rings (SSSR count). The second kappa shape index (κ2) is 6.65. The lowest BCUT2D eigenvalue weighted by Gasteiger charge is -2.17. The maximum absolute atomic E-state index is 12.9. The van der Waals surface area contributed by atoms with E-state index in [1.165, 1.54) is 24.3 Å². The number of nitrogens with one attached hydrogen (secondary N) is 1. The van der Waals surface area contributed by atoms with Crippen LogP contribution in [0, 0.1) is 5.82 Å². The molecule has 1 amide bonds. The Labute approximate surface area is 121 Å². The molecule has 0 saturated heterocycles. The standard InChI is InChI=1S/C16H14FNO3/c17-13-8-6-11(7-9-13)14(10-15(19)20)18-16(21)12-4-2-1-3-5-12/h1-9,14H,10H2,(H,18,21)(H,19,20)/t14-/m0/s1. The number of aliphatic carboxylic acids is 1. The van der Waals surface area contributed by atoms with Gasteiger partial charge in [0.05, 0.1) is 12.5 Å². The fourth-order valence-electron chi connectivity index (χ4n) is 1.95. The minimum Gasteiger partial charge on any atom is -0.481 e. The monoisotopic (exact) mass is 287 g/mol. The first kappa shape index (κ1) is 14.7. The molecule has 1 atom stereocenters. The Balaban J connectivity index is 2.18. The van der Waals surface area contributed by atoms with Crippen molar-refractivity contribution in [2.75, 3.05) is 0 Å². The molecule has 4 nitrogen and oxygen atoms in total. The summed E-state index contributed by atoms with van der Waals surface area (Å²) in [5, 5.41) is 11.6. The van der Waals surface area contributed by atoms with Gasteiger partial charge in [-0.15, -0.1) is 0 Å². The highest BCUT2D eigenvalue weighted by Crippen LogP contribution is 2.18. The number of benzene rings is 2. The minimum absolute atomic E-state index is 0.274. The van der Waals surface area contributed by atoms with Gasteiger partial charge in [0.15, 0.2) is 0 Å². The van der Waals surface area contributed by atoms with Crippen LogP contribution in [0.15, 0.2) is 54.6 Å². The van der Waals surface area contributed by atoms with Crippen LogP contribution in [0.4, 0.5) is 4.39 Å². The first-order valence-corrected chi connectivity index (χ1v) is 6.39. The summed E-state index contributed by atoms with van der Waals surface area (Å²) in [5.74, 6) is -1.83. The first-order valence-electron chi connectivity index (χ1n) is 6.39. The zero-order valence-electron chi connectivity index (χ0n) is 11.1. The largest absolute Gasteiger partial charge is 0.481 e. The predicted octanol–water partition coefficient (Wildman–Crippen LogP) is 2.77. The number of carbonyl (C=O) groups is 2. The molecule has 5 heteroatoms. The fraction of sp³-hybridized carbons (Fsp3) is 0.125. The Morgan fingerprint density at radius 3 is 2.24 bits per heavy atom. The van der Waals surface area contributed by atoms with Crippen molar-refractivity contribution < 1.29 is 19.1 Å². The Morgan fingerprint density at radius 1 is 1.05 bits per heavy atom. The molecular weight excluding hydrogens is 273 g/mol. The highest BCUT2D eigenvalue weighted by molar-refractivity contribution is 5.94. The van der Waals surface area contributed by atoms with Gasteiger partial charge in [-0.2, -0.15) is 0 Å². The summed E-state index contributed by atoms with van der Waals surface area (Å²) in [4.78, 5) is 23.0. The molecule has 21 heavy (non-hydrogen) atoms. The molecule has 108 valence electrons. The number of halogens is 1. The molecule has 0 fully saturated rings. The average Bonchev–Trinajstić information content (AvgIpc) is 2.48. The maximum Gasteiger partial charge on any atom is 0.305 e. The summed E-state index contributed by atoms with van der Waals surface area (Å²) in [6.45, 7) is 0. The topological polar surface area (TPSA) is 66.4 Å². The summed E-state index contributed by atoms with van der Waals surface area (Å²) >= 11 is 0. The van der Waals surface area contributed by atoms with Gasteiger partial charge < -0.3 is 10.4 Å². The van der Waals surface area contributed by atoms with Gasteiger partial charge >= 0.3 is 5.97 Å². The number of amides is 1. The molecule has 0 unspecified atom stereocenters. The summed E-state index contributed by atoms with van der Waals surface area (Å²) in [6.07, 6.45) is -0.274. The normalized spacial score (nSPS) is 11.7. The lowest BCUT2D eigenvalue weighted by Crippen LogP contribution is -2.30. The van der Waals surface area contributed by atoms with Crippen molar-refractivity contribution in [2.24, 2.45) is 0 Å². The smallest absolute Gasteiger partial charge is 0.305 e. The SMILES string of the molecule is O=C(O)C[C@H](NC(=O)c1ccccc1)c1ccc(F)cc1. The Morgan fingerprint density at radius 2 is 1.67 bits per heavy atom. The Bertz CT molecular complexity index is 626. The van der Waals surface area contributed by atoms with Gasteiger partial charge in [-0.25, -0.2) is 4.39 Å². The number of hydrogen-bond donors (Lipinski definition) is 2. The summed E-state index contributed by atoms with van der Waals surface area (Å²) in [7, 11) is 0. The van der Waals surface area contributed by atoms with E-state index >= 15 is 0 Å². The van der Waals surface area contributed by atoms with Crippen LogP contribution in [0.3, 0.4) is 0 Å². The van der Waals surface area contributed by atoms with Crippen LogP contribution in [0.5, 0.6) is 0 Å². The van der Waals surface area contributed by atoms with E-state index in [0.717, 1.165) is 0 Å². The number of hydrogen-bond acceptors (Lipinski definition) is 2. The molecule has 0 aliphatic rings. The molecule has 0 heterocycles. The van der Waals surface area contributed by atoms with Crippen molar-refractivity contribution in [3.05, 3.63) is 71.5 Å². The minimum atomic E-state index is -1.04. The van der Waals surface area contributed by atoms with Gasteiger partial charge in [-0.05, 0) is 29.8 Å². The van der Waals surface area contributed by atoms with E-state index < -0.39 is 17.8 Å². The van der Waals surface area contributed by atoms with Crippen LogP contribution in [-0.4, -0.2) is 17.0 Å². The van der Waals surface area contributed by atoms with E-state index in [1.807, 2.05) is 0 Å². The van der Waals surface area contributed by atoms with Crippen LogP contribution in [0.2, 0.25) is 0 Å². The molecule has 0 aromatic heterocycles. The van der Waals surface area contributed by atoms with E-state index in [4.69, 9.17) is 5.11 Å². The van der Waals surface area contributed by atoms with Crippen LogP contribution in [0.25, 0.3) is 0 Å². The Kier molecular flexibility index (Phi) is 4.66. The van der Waals surface area contributed by atoms with Gasteiger partial charge in [-0.3, -0.25) is 9.59 Å². The van der Waals surface area contributed by atoms with Gasteiger partial charge in [0.25, 0.3) is 5.91 Å². The van der Waals surface area contributed by atoms with Crippen LogP contribution < -0.4 is 5.32 Å². The fourth-order valence-corrected chi connectivity index (χ4v) is 1.95. The molecular formula is C16H14FNO3. The van der Waals surface area contributed by atoms with Crippen molar-refractivity contribution >= 4 is 11.9 Å². The van der Waals surface area contributed by atoms with E-state index in [2.05, 4.69) is 5.32 Å². The second-order valence-corrected chi connectivity index (χ2v) is 4.54. The highest BCUT2D eigenvalue weighted by Gasteiger charge is 2.18. The Hall–Kier alpha value is -2.69. The van der Waals surface area contributed by atoms with E-state index in [0.29, 0.717) is 11.1 Å². The highest BCUT2D eigenvalue weighted by atomic mass is 19.1. The molecule has 0 radical (unpaired) electrons. The van der Waals surface area contributed by atoms with Gasteiger partial charge in [0.2, 0.25) is 0 Å². The first-order chi connectivity index (χ1) is 10.1. The van der Waals surface area contributed by atoms with Crippen LogP contribution >= 0.6 is 0 Å². The molecule has 0 spiro atoms. The lowest BCUT2D eigenvalue weighted by atomic mass is 10.0. The lowest BCUT2D eigenvalue weighted by molar-refractivity contribution is -0.137. The third-order valence-corrected chi connectivity index (χ3v) is 2.99. The van der Waals surface area contributed by atoms with Crippen molar-refractivity contribution in [1.29, 1.82) is 0 Å². The summed E-state index contributed by atoms with van der Waals surface area (Å²) in [6, 6.07) is 13.2. The van der Waals surface area contributed by atoms with E-state index in [9.17, 15) is 14.0 Å². The quantitative estimate of drug-likeness (QED) is 0.888. The van der Waals surface area contributed by atoms with E-state index in [1.54, 1.807) is 30.3 Å². The second-order valence-electron chi connectivity index (χ2n) is 4.54. The van der Waals surface area contributed by atoms with Gasteiger partial charge in [-0.1, -0.05) is 30.3 Å². The molecule has 2 N–H and O–H groups in total. The molecule has 0 bridgehead atoms. The third kappa shape index (κ3) is 4.14. The molecule has 2 aromatic rings. The predicted molar refractivity (Wildman–Crippen MR) is 75.3 cm³/mol. The van der Waals surface area contributed by atoms with Gasteiger partial charge in [0.1, 0.15) is 5.82 Å². The summed E-state index contributed by atoms with van der Waals surface area (Å²) in [5.41, 5.74) is 0.984. The number of carboxylic acid groups (broad SMARTS) is 1. The summed E-state index contributed by atoms with van der Waals surface area (Å²) < 4.78 is 12.9. The van der Waals surface area contributed by atoms with E-state index in [-0.39, 0.29) is 12.3 Å². The van der Waals surface area contributed by atoms with Gasteiger partial charge in [0, 0.05) is 5.56 Å². The number of carboxylic acids is 1. The van der Waals surface area contributed by atoms with Crippen molar-refractivity contribution in [1.82, 2.24) is 5.32 Å². The zero-order valence-corrected chi connectivity index (χ0v) is 11.1. The molecule has 2 aromatic carbocycles. The van der Waals surface area contributed by atoms with Crippen LogP contribution in [-0.2, 0) is 4.79 Å². The maximum atomic E-state index is 12.9. The third-order valence-electron chi connectivity index (χ3n) is 2.99. The molecule has 0 saturated carbocycles. The molecule has 0 aliphatic carbocycles. The number of carbonyl (C=O) groups excluding carboxylic acids is 1. The van der Waals surface area contributed by atoms with Crippen molar-refractivity contribution in [3.8, 4) is 0 Å². The number of rotatable bonds is 5. The molecule has 0 aliphatic heterocycles. The average molecular weight is 287 g/mol. The zero-order chi connectivity index (χ0) is 15.2.